The lowest BCUT2D eigenvalue weighted by Gasteiger charge is -2.37. The highest BCUT2D eigenvalue weighted by Gasteiger charge is 2.38. The van der Waals surface area contributed by atoms with Crippen LogP contribution >= 0.6 is 11.6 Å². The van der Waals surface area contributed by atoms with E-state index in [2.05, 4.69) is 20.6 Å². The van der Waals surface area contributed by atoms with Gasteiger partial charge in [-0.3, -0.25) is 4.79 Å². The number of hydrogen-bond donors (Lipinski definition) is 2. The number of sulfonamides is 1. The maximum absolute atomic E-state index is 13.7. The molecule has 1 aromatic carbocycles. The third-order valence-electron chi connectivity index (χ3n) is 6.02. The number of halogens is 4. The largest absolute Gasteiger partial charge is 0.419 e. The number of nitrogens with one attached hydrogen (secondary N) is 2. The zero-order valence-electron chi connectivity index (χ0n) is 19.5. The van der Waals surface area contributed by atoms with Crippen LogP contribution in [0, 0.1) is 5.92 Å². The molecule has 2 aromatic rings. The van der Waals surface area contributed by atoms with Gasteiger partial charge in [-0.1, -0.05) is 31.9 Å². The van der Waals surface area contributed by atoms with Crippen LogP contribution in [0.15, 0.2) is 24.4 Å². The van der Waals surface area contributed by atoms with Gasteiger partial charge in [0.25, 0.3) is 0 Å². The molecule has 200 valence electrons. The van der Waals surface area contributed by atoms with Gasteiger partial charge in [0.1, 0.15) is 0 Å². The van der Waals surface area contributed by atoms with Crippen molar-refractivity contribution in [2.45, 2.75) is 58.7 Å². The van der Waals surface area contributed by atoms with Gasteiger partial charge in [-0.25, -0.2) is 22.7 Å². The Morgan fingerprint density at radius 1 is 1.25 bits per heavy atom. The minimum atomic E-state index is -4.66. The molecular weight excluding hydrogens is 519 g/mol. The summed E-state index contributed by atoms with van der Waals surface area (Å²) in [5, 5.41) is 5.64. The third kappa shape index (κ3) is 7.53. The summed E-state index contributed by atoms with van der Waals surface area (Å²) in [6, 6.07) is 4.21. The van der Waals surface area contributed by atoms with Crippen molar-refractivity contribution < 1.29 is 26.4 Å². The Morgan fingerprint density at radius 2 is 1.92 bits per heavy atom. The lowest BCUT2D eigenvalue weighted by Crippen LogP contribution is -2.44. The van der Waals surface area contributed by atoms with Crippen molar-refractivity contribution in [1.29, 1.82) is 0 Å². The Kier molecular flexibility index (Phi) is 9.71. The number of aromatic nitrogens is 2. The van der Waals surface area contributed by atoms with Crippen LogP contribution in [-0.4, -0.2) is 47.9 Å². The van der Waals surface area contributed by atoms with Gasteiger partial charge in [-0.05, 0) is 43.4 Å². The monoisotopic (exact) mass is 549 g/mol. The summed E-state index contributed by atoms with van der Waals surface area (Å²) in [5.74, 6) is -0.676. The molecule has 0 bridgehead atoms. The smallest absolute Gasteiger partial charge is 0.325 e. The first-order valence-corrected chi connectivity index (χ1v) is 13.2. The molecule has 1 fully saturated rings. The molecule has 13 heteroatoms. The first-order valence-electron chi connectivity index (χ1n) is 11.0. The summed E-state index contributed by atoms with van der Waals surface area (Å²) in [7, 11) is -2.04. The van der Waals surface area contributed by atoms with Gasteiger partial charge in [0.2, 0.25) is 21.9 Å². The van der Waals surface area contributed by atoms with E-state index in [0.29, 0.717) is 24.2 Å². The number of anilines is 3. The van der Waals surface area contributed by atoms with E-state index in [1.54, 1.807) is 12.1 Å². The predicted octanol–water partition coefficient (Wildman–Crippen LogP) is 5.48. The second kappa shape index (κ2) is 11.7. The fourth-order valence-corrected chi connectivity index (χ4v) is 5.28. The first kappa shape index (κ1) is 29.8. The SMILES string of the molecule is C.CC(=O)Nc1ccc(Nc2ncc(C(F)(F)F)c(C[C@@H]3CCCC[C@H]3N(C)S(C)(=O)=O)n2)cc1Cl. The van der Waals surface area contributed by atoms with Crippen molar-refractivity contribution in [2.24, 2.45) is 5.92 Å². The van der Waals surface area contributed by atoms with Crippen LogP contribution in [0.4, 0.5) is 30.5 Å². The molecule has 1 aliphatic carbocycles. The van der Waals surface area contributed by atoms with Crippen molar-refractivity contribution in [3.05, 3.63) is 40.7 Å². The molecule has 0 aliphatic heterocycles. The van der Waals surface area contributed by atoms with E-state index < -0.39 is 27.8 Å². The number of benzene rings is 1. The summed E-state index contributed by atoms with van der Waals surface area (Å²) in [6.07, 6.45) is -0.109. The summed E-state index contributed by atoms with van der Waals surface area (Å²) in [4.78, 5) is 19.2. The summed E-state index contributed by atoms with van der Waals surface area (Å²) in [5.41, 5.74) is -0.345. The molecule has 1 aromatic heterocycles. The average molecular weight is 550 g/mol. The highest BCUT2D eigenvalue weighted by atomic mass is 35.5. The molecule has 2 atom stereocenters. The van der Waals surface area contributed by atoms with Crippen LogP contribution in [0.3, 0.4) is 0 Å². The maximum atomic E-state index is 13.7. The predicted molar refractivity (Wildman–Crippen MR) is 135 cm³/mol. The average Bonchev–Trinajstić information content (AvgIpc) is 2.74. The van der Waals surface area contributed by atoms with Crippen molar-refractivity contribution >= 4 is 44.9 Å². The number of carbonyl (C=O) groups is 1. The molecule has 36 heavy (non-hydrogen) atoms. The van der Waals surface area contributed by atoms with Gasteiger partial charge in [-0.2, -0.15) is 13.2 Å². The Labute approximate surface area is 214 Å². The minimum absolute atomic E-state index is 0. The van der Waals surface area contributed by atoms with E-state index in [1.165, 1.54) is 24.3 Å². The standard InChI is InChI=1S/C22H27ClF3N5O3S.CH4/c1-13(32)28-18-9-8-15(11-17(18)23)29-21-27-12-16(22(24,25)26)19(30-21)10-14-6-4-5-7-20(14)31(2)35(3,33)34;/h8-9,11-12,14,20H,4-7,10H2,1-3H3,(H,28,32)(H,27,29,30);1H4/t14-,20+;/m0./s1. The molecule has 0 radical (unpaired) electrons. The third-order valence-corrected chi connectivity index (χ3v) is 7.65. The fraction of sp³-hybridized carbons (Fsp3) is 0.522. The van der Waals surface area contributed by atoms with E-state index in [4.69, 9.17) is 11.6 Å². The minimum Gasteiger partial charge on any atom is -0.325 e. The number of alkyl halides is 3. The lowest BCUT2D eigenvalue weighted by molar-refractivity contribution is -0.138. The first-order chi connectivity index (χ1) is 16.3. The van der Waals surface area contributed by atoms with E-state index >= 15 is 0 Å². The molecular formula is C23H31ClF3N5O3S. The molecule has 3 rings (SSSR count). The normalized spacial score (nSPS) is 18.4. The van der Waals surface area contributed by atoms with Crippen LogP contribution in [0.1, 0.15) is 51.3 Å². The van der Waals surface area contributed by atoms with Gasteiger partial charge >= 0.3 is 6.18 Å². The number of rotatable bonds is 7. The Hall–Kier alpha value is -2.44. The van der Waals surface area contributed by atoms with Gasteiger partial charge in [0, 0.05) is 31.9 Å². The molecule has 1 aliphatic rings. The van der Waals surface area contributed by atoms with Gasteiger partial charge < -0.3 is 10.6 Å². The summed E-state index contributed by atoms with van der Waals surface area (Å²) >= 11 is 6.17. The quantitative estimate of drug-likeness (QED) is 0.474. The van der Waals surface area contributed by atoms with Crippen molar-refractivity contribution in [3.63, 3.8) is 0 Å². The number of amides is 1. The van der Waals surface area contributed by atoms with Crippen LogP contribution in [-0.2, 0) is 27.4 Å². The van der Waals surface area contributed by atoms with Crippen molar-refractivity contribution in [2.75, 3.05) is 23.9 Å². The summed E-state index contributed by atoms with van der Waals surface area (Å²) in [6.45, 7) is 1.34. The second-order valence-corrected chi connectivity index (χ2v) is 11.1. The van der Waals surface area contributed by atoms with Crippen LogP contribution in [0.2, 0.25) is 5.02 Å². The Morgan fingerprint density at radius 3 is 2.50 bits per heavy atom. The number of carbonyl (C=O) groups excluding carboxylic acids is 1. The molecule has 2 N–H and O–H groups in total. The fourth-order valence-electron chi connectivity index (χ4n) is 4.28. The lowest BCUT2D eigenvalue weighted by atomic mass is 9.81. The number of nitrogens with zero attached hydrogens (tertiary/aromatic N) is 3. The molecule has 1 heterocycles. The van der Waals surface area contributed by atoms with E-state index in [0.717, 1.165) is 25.3 Å². The van der Waals surface area contributed by atoms with Crippen LogP contribution in [0.5, 0.6) is 0 Å². The van der Waals surface area contributed by atoms with Gasteiger partial charge in [0.15, 0.2) is 0 Å². The molecule has 0 spiro atoms. The van der Waals surface area contributed by atoms with E-state index in [1.807, 2.05) is 0 Å². The maximum Gasteiger partial charge on any atom is 0.419 e. The molecule has 1 amide bonds. The van der Waals surface area contributed by atoms with Crippen LogP contribution in [0.25, 0.3) is 0 Å². The van der Waals surface area contributed by atoms with Crippen molar-refractivity contribution in [3.8, 4) is 0 Å². The second-order valence-electron chi connectivity index (χ2n) is 8.65. The van der Waals surface area contributed by atoms with Gasteiger partial charge in [-0.15, -0.1) is 0 Å². The van der Waals surface area contributed by atoms with Crippen molar-refractivity contribution in [1.82, 2.24) is 14.3 Å². The molecule has 0 unspecified atom stereocenters. The highest BCUT2D eigenvalue weighted by molar-refractivity contribution is 7.88. The Bertz CT molecular complexity index is 1190. The van der Waals surface area contributed by atoms with E-state index in [-0.39, 0.29) is 42.3 Å². The summed E-state index contributed by atoms with van der Waals surface area (Å²) < 4.78 is 66.7. The highest BCUT2D eigenvalue weighted by Crippen LogP contribution is 2.37. The Balaban J connectivity index is 0.00000456. The number of hydrogen-bond acceptors (Lipinski definition) is 6. The zero-order chi connectivity index (χ0) is 26.0. The van der Waals surface area contributed by atoms with E-state index in [9.17, 15) is 26.4 Å². The van der Waals surface area contributed by atoms with Gasteiger partial charge in [0.05, 0.1) is 28.2 Å². The molecule has 0 saturated heterocycles. The molecule has 8 nitrogen and oxygen atoms in total. The van der Waals surface area contributed by atoms with Crippen LogP contribution < -0.4 is 10.6 Å². The zero-order valence-corrected chi connectivity index (χ0v) is 21.1. The topological polar surface area (TPSA) is 104 Å². The molecule has 1 saturated carbocycles.